The van der Waals surface area contributed by atoms with Gasteiger partial charge in [0.2, 0.25) is 15.9 Å². The first-order valence-corrected chi connectivity index (χ1v) is 12.9. The molecule has 33 heavy (non-hydrogen) atoms. The van der Waals surface area contributed by atoms with Gasteiger partial charge >= 0.3 is 5.97 Å². The van der Waals surface area contributed by atoms with Gasteiger partial charge < -0.3 is 14.2 Å². The van der Waals surface area contributed by atoms with Crippen LogP contribution < -0.4 is 0 Å². The molecule has 0 aliphatic carbocycles. The Morgan fingerprint density at radius 3 is 2.33 bits per heavy atom. The van der Waals surface area contributed by atoms with Gasteiger partial charge in [-0.2, -0.15) is 4.31 Å². The molecule has 0 spiro atoms. The molecule has 1 aromatic heterocycles. The number of fused-ring (bicyclic) bond motifs is 1. The van der Waals surface area contributed by atoms with Crippen LogP contribution in [0.1, 0.15) is 46.9 Å². The molecule has 1 amide bonds. The molecule has 2 aromatic rings. The van der Waals surface area contributed by atoms with Gasteiger partial charge in [-0.1, -0.05) is 20.8 Å². The first-order chi connectivity index (χ1) is 15.6. The largest absolute Gasteiger partial charge is 0.469 e. The Balaban J connectivity index is 2.25. The van der Waals surface area contributed by atoms with Crippen molar-refractivity contribution < 1.29 is 22.7 Å². The summed E-state index contributed by atoms with van der Waals surface area (Å²) in [5, 5.41) is 0. The van der Waals surface area contributed by atoms with Crippen LogP contribution in [-0.2, 0) is 37.3 Å². The molecule has 0 bridgehead atoms. The first-order valence-electron chi connectivity index (χ1n) is 11.5. The van der Waals surface area contributed by atoms with E-state index in [-0.39, 0.29) is 23.2 Å². The summed E-state index contributed by atoms with van der Waals surface area (Å²) in [6.45, 7) is 11.5. The van der Waals surface area contributed by atoms with E-state index < -0.39 is 15.9 Å². The van der Waals surface area contributed by atoms with Crippen molar-refractivity contribution in [3.8, 4) is 0 Å². The van der Waals surface area contributed by atoms with Crippen molar-refractivity contribution in [2.24, 2.45) is 5.92 Å². The number of amides is 1. The van der Waals surface area contributed by atoms with Crippen molar-refractivity contribution in [2.75, 3.05) is 33.3 Å². The summed E-state index contributed by atoms with van der Waals surface area (Å²) in [7, 11) is -2.24. The number of methoxy groups -OCH3 is 1. The van der Waals surface area contributed by atoms with Gasteiger partial charge in [0.1, 0.15) is 5.82 Å². The highest BCUT2D eigenvalue weighted by Crippen LogP contribution is 2.23. The Bertz CT molecular complexity index is 1080. The number of esters is 1. The fraction of sp³-hybridized carbons (Fsp3) is 0.609. The van der Waals surface area contributed by atoms with Crippen LogP contribution in [0.25, 0.3) is 11.0 Å². The molecule has 184 valence electrons. The van der Waals surface area contributed by atoms with E-state index in [1.54, 1.807) is 30.0 Å². The van der Waals surface area contributed by atoms with Gasteiger partial charge in [0.15, 0.2) is 0 Å². The summed E-state index contributed by atoms with van der Waals surface area (Å²) in [4.78, 5) is 31.0. The molecule has 0 aliphatic heterocycles. The summed E-state index contributed by atoms with van der Waals surface area (Å²) in [5.41, 5.74) is 1.43. The number of carbonyl (C=O) groups is 2. The summed E-state index contributed by atoms with van der Waals surface area (Å²) < 4.78 is 34.0. The van der Waals surface area contributed by atoms with Crippen molar-refractivity contribution in [3.05, 3.63) is 24.0 Å². The lowest BCUT2D eigenvalue weighted by molar-refractivity contribution is -0.146. The number of nitrogens with zero attached hydrogens (tertiary/aromatic N) is 4. The number of sulfonamides is 1. The molecule has 2 rings (SSSR count). The standard InChI is InChI=1S/C23H36N4O5S/c1-7-25(16-17(5)23(29)32-6)22(28)14-13-21-24-19-15-18(11-12-20(19)27(21)10-4)33(30,31)26(8-2)9-3/h11-12,15,17H,7-10,13-14,16H2,1-6H3. The molecule has 0 radical (unpaired) electrons. The van der Waals surface area contributed by atoms with E-state index in [0.717, 1.165) is 11.3 Å². The Hall–Kier alpha value is -2.46. The van der Waals surface area contributed by atoms with E-state index in [1.165, 1.54) is 11.4 Å². The lowest BCUT2D eigenvalue weighted by Gasteiger charge is -2.23. The molecule has 0 aliphatic rings. The number of ether oxygens (including phenoxy) is 1. The maximum Gasteiger partial charge on any atom is 0.310 e. The highest BCUT2D eigenvalue weighted by molar-refractivity contribution is 7.89. The minimum Gasteiger partial charge on any atom is -0.469 e. The van der Waals surface area contributed by atoms with Gasteiger partial charge in [-0.05, 0) is 32.0 Å². The molecule has 0 fully saturated rings. The third-order valence-electron chi connectivity index (χ3n) is 5.85. The molecular formula is C23H36N4O5S. The molecule has 0 saturated carbocycles. The smallest absolute Gasteiger partial charge is 0.310 e. The van der Waals surface area contributed by atoms with Gasteiger partial charge in [-0.3, -0.25) is 9.59 Å². The van der Waals surface area contributed by atoms with Crippen molar-refractivity contribution in [1.29, 1.82) is 0 Å². The zero-order valence-corrected chi connectivity index (χ0v) is 21.3. The summed E-state index contributed by atoms with van der Waals surface area (Å²) >= 11 is 0. The predicted molar refractivity (Wildman–Crippen MR) is 127 cm³/mol. The lowest BCUT2D eigenvalue weighted by Crippen LogP contribution is -2.37. The lowest BCUT2D eigenvalue weighted by atomic mass is 10.1. The zero-order valence-electron chi connectivity index (χ0n) is 20.5. The van der Waals surface area contributed by atoms with Crippen LogP contribution in [0.2, 0.25) is 0 Å². The summed E-state index contributed by atoms with van der Waals surface area (Å²) in [5.74, 6) is -0.0714. The van der Waals surface area contributed by atoms with Crippen molar-refractivity contribution in [1.82, 2.24) is 18.8 Å². The number of benzene rings is 1. The number of hydrogen-bond donors (Lipinski definition) is 0. The maximum absolute atomic E-state index is 12.9. The normalized spacial score (nSPS) is 12.8. The molecule has 10 heteroatoms. The summed E-state index contributed by atoms with van der Waals surface area (Å²) in [6.07, 6.45) is 0.665. The van der Waals surface area contributed by atoms with Crippen molar-refractivity contribution in [3.63, 3.8) is 0 Å². The van der Waals surface area contributed by atoms with Gasteiger partial charge in [0.25, 0.3) is 0 Å². The predicted octanol–water partition coefficient (Wildman–Crippen LogP) is 2.68. The highest BCUT2D eigenvalue weighted by atomic mass is 32.2. The average molecular weight is 481 g/mol. The molecular weight excluding hydrogens is 444 g/mol. The Morgan fingerprint density at radius 2 is 1.79 bits per heavy atom. The van der Waals surface area contributed by atoms with Gasteiger partial charge in [0, 0.05) is 45.6 Å². The minimum atomic E-state index is -3.58. The number of aromatic nitrogens is 2. The second-order valence-electron chi connectivity index (χ2n) is 7.87. The molecule has 1 heterocycles. The fourth-order valence-electron chi connectivity index (χ4n) is 3.97. The van der Waals surface area contributed by atoms with E-state index in [9.17, 15) is 18.0 Å². The number of aryl methyl sites for hydroxylation is 2. The van der Waals surface area contributed by atoms with Gasteiger partial charge in [0.05, 0.1) is 29.0 Å². The number of carbonyl (C=O) groups excluding carboxylic acids is 2. The minimum absolute atomic E-state index is 0.0623. The van der Waals surface area contributed by atoms with E-state index >= 15 is 0 Å². The molecule has 0 saturated heterocycles. The van der Waals surface area contributed by atoms with Crippen LogP contribution in [0.4, 0.5) is 0 Å². The highest BCUT2D eigenvalue weighted by Gasteiger charge is 2.24. The Kier molecular flexibility index (Phi) is 9.42. The second-order valence-corrected chi connectivity index (χ2v) is 9.81. The Labute approximate surface area is 196 Å². The van der Waals surface area contributed by atoms with Crippen LogP contribution >= 0.6 is 0 Å². The quantitative estimate of drug-likeness (QED) is 0.433. The van der Waals surface area contributed by atoms with Gasteiger partial charge in [-0.15, -0.1) is 0 Å². The number of hydrogen-bond acceptors (Lipinski definition) is 6. The monoisotopic (exact) mass is 480 g/mol. The van der Waals surface area contributed by atoms with Crippen molar-refractivity contribution >= 4 is 32.9 Å². The van der Waals surface area contributed by atoms with Crippen LogP contribution in [-0.4, -0.2) is 72.3 Å². The van der Waals surface area contributed by atoms with E-state index in [1.807, 2.05) is 32.3 Å². The molecule has 1 aromatic carbocycles. The number of rotatable bonds is 12. The maximum atomic E-state index is 12.9. The Morgan fingerprint density at radius 1 is 1.12 bits per heavy atom. The van der Waals surface area contributed by atoms with Crippen molar-refractivity contribution in [2.45, 2.75) is 58.9 Å². The summed E-state index contributed by atoms with van der Waals surface area (Å²) in [6, 6.07) is 5.01. The SMILES string of the molecule is CCN(CC(C)C(=O)OC)C(=O)CCc1nc2cc(S(=O)(=O)N(CC)CC)ccc2n1CC. The third kappa shape index (κ3) is 5.92. The van der Waals surface area contributed by atoms with E-state index in [4.69, 9.17) is 4.74 Å². The van der Waals surface area contributed by atoms with Crippen LogP contribution in [0, 0.1) is 5.92 Å². The second kappa shape index (κ2) is 11.6. The average Bonchev–Trinajstić information content (AvgIpc) is 3.17. The molecule has 0 N–H and O–H groups in total. The molecule has 1 atom stereocenters. The van der Waals surface area contributed by atoms with E-state index in [2.05, 4.69) is 4.98 Å². The first kappa shape index (κ1) is 26.8. The topological polar surface area (TPSA) is 102 Å². The fourth-order valence-corrected chi connectivity index (χ4v) is 5.45. The van der Waals surface area contributed by atoms with E-state index in [0.29, 0.717) is 44.7 Å². The number of imidazole rings is 1. The zero-order chi connectivity index (χ0) is 24.8. The van der Waals surface area contributed by atoms with Gasteiger partial charge in [-0.25, -0.2) is 13.4 Å². The van der Waals surface area contributed by atoms with Crippen LogP contribution in [0.3, 0.4) is 0 Å². The molecule has 1 unspecified atom stereocenters. The van der Waals surface area contributed by atoms with Crippen LogP contribution in [0.5, 0.6) is 0 Å². The third-order valence-corrected chi connectivity index (χ3v) is 7.90. The van der Waals surface area contributed by atoms with Crippen LogP contribution in [0.15, 0.2) is 23.1 Å². The molecule has 9 nitrogen and oxygen atoms in total.